The molecule has 1 aliphatic rings. The summed E-state index contributed by atoms with van der Waals surface area (Å²) in [5.74, 6) is -5.00. The van der Waals surface area contributed by atoms with E-state index in [0.717, 1.165) is 46.1 Å². The van der Waals surface area contributed by atoms with Crippen molar-refractivity contribution >= 4 is 29.8 Å². The Morgan fingerprint density at radius 2 is 1.43 bits per heavy atom. The lowest BCUT2D eigenvalue weighted by Gasteiger charge is -2.43. The normalized spacial score (nSPS) is 24.0. The first-order chi connectivity index (χ1) is 16.2. The average molecular weight is 505 g/mol. The van der Waals surface area contributed by atoms with Crippen LogP contribution in [0.15, 0.2) is 24.3 Å². The maximum atomic E-state index is 13.0. The Morgan fingerprint density at radius 3 is 1.94 bits per heavy atom. The summed E-state index contributed by atoms with van der Waals surface area (Å²) in [4.78, 5) is 60.2. The zero-order valence-electron chi connectivity index (χ0n) is 18.9. The predicted octanol–water partition coefficient (Wildman–Crippen LogP) is 1.13. The molecule has 1 N–H and O–H groups in total. The Labute approximate surface area is 196 Å². The highest BCUT2D eigenvalue weighted by molar-refractivity contribution is 5.94. The van der Waals surface area contributed by atoms with Crippen molar-refractivity contribution in [3.8, 4) is 0 Å². The number of carbonyl (C=O) groups excluding carboxylic acids is 5. The minimum Gasteiger partial charge on any atom is -0.467 e. The van der Waals surface area contributed by atoms with Gasteiger partial charge in [0.25, 0.3) is 5.91 Å². The van der Waals surface area contributed by atoms with Crippen molar-refractivity contribution in [3.63, 3.8) is 0 Å². The molecule has 0 aromatic heterocycles. The quantitative estimate of drug-likeness (QED) is 0.441. The van der Waals surface area contributed by atoms with Gasteiger partial charge in [0.1, 0.15) is 0 Å². The fourth-order valence-corrected chi connectivity index (χ4v) is 3.28. The molecule has 0 spiro atoms. The Bertz CT molecular complexity index is 996. The van der Waals surface area contributed by atoms with Gasteiger partial charge in [-0.2, -0.15) is 13.2 Å². The zero-order chi connectivity index (χ0) is 26.5. The molecular weight excluding hydrogens is 483 g/mol. The van der Waals surface area contributed by atoms with E-state index in [9.17, 15) is 37.1 Å². The second-order valence-corrected chi connectivity index (χ2v) is 7.27. The molecule has 11 nitrogen and oxygen atoms in total. The zero-order valence-corrected chi connectivity index (χ0v) is 18.9. The number of esters is 4. The average Bonchev–Trinajstić information content (AvgIpc) is 2.75. The van der Waals surface area contributed by atoms with Gasteiger partial charge < -0.3 is 29.0 Å². The van der Waals surface area contributed by atoms with Gasteiger partial charge in [-0.25, -0.2) is 4.79 Å². The van der Waals surface area contributed by atoms with Crippen molar-refractivity contribution in [1.82, 2.24) is 5.32 Å². The second-order valence-electron chi connectivity index (χ2n) is 7.27. The van der Waals surface area contributed by atoms with Gasteiger partial charge in [-0.3, -0.25) is 19.2 Å². The Hall–Kier alpha value is -3.68. The monoisotopic (exact) mass is 505 g/mol. The van der Waals surface area contributed by atoms with Crippen LogP contribution in [0.25, 0.3) is 0 Å². The number of hydrogen-bond donors (Lipinski definition) is 1. The number of alkyl halides is 3. The maximum Gasteiger partial charge on any atom is 0.416 e. The molecule has 14 heteroatoms. The van der Waals surface area contributed by atoms with Crippen LogP contribution in [0.5, 0.6) is 0 Å². The van der Waals surface area contributed by atoms with E-state index in [1.165, 1.54) is 0 Å². The number of halogens is 3. The minimum absolute atomic E-state index is 0.439. The number of rotatable bonds is 6. The standard InChI is InChI=1S/C21H22F3NO10/c1-9(26)32-14-15(33-10(2)27)17(20(30)31-4)35-19(16(14)34-11(3)28)25-18(29)12-6-5-7-13(8-12)21(22,23)24/h5-8,14-17,19H,1-4H3,(H,25,29)/t14-,15-,16+,17-,19+/m0/s1. The van der Waals surface area contributed by atoms with Crippen LogP contribution in [0.2, 0.25) is 0 Å². The smallest absolute Gasteiger partial charge is 0.416 e. The molecular formula is C21H22F3NO10. The molecule has 2 rings (SSSR count). The van der Waals surface area contributed by atoms with Gasteiger partial charge in [0, 0.05) is 26.3 Å². The fraction of sp³-hybridized carbons (Fsp3) is 0.476. The Kier molecular flexibility index (Phi) is 8.79. The Morgan fingerprint density at radius 1 is 0.886 bits per heavy atom. The largest absolute Gasteiger partial charge is 0.467 e. The minimum atomic E-state index is -4.73. The van der Waals surface area contributed by atoms with Gasteiger partial charge in [0.15, 0.2) is 30.6 Å². The first-order valence-electron chi connectivity index (χ1n) is 9.97. The number of benzene rings is 1. The van der Waals surface area contributed by atoms with Gasteiger partial charge in [-0.05, 0) is 18.2 Å². The summed E-state index contributed by atoms with van der Waals surface area (Å²) in [6, 6.07) is 3.40. The molecule has 1 heterocycles. The van der Waals surface area contributed by atoms with Crippen molar-refractivity contribution in [2.24, 2.45) is 0 Å². The van der Waals surface area contributed by atoms with Crippen molar-refractivity contribution in [1.29, 1.82) is 0 Å². The van der Waals surface area contributed by atoms with E-state index in [-0.39, 0.29) is 0 Å². The lowest BCUT2D eigenvalue weighted by atomic mass is 9.96. The molecule has 35 heavy (non-hydrogen) atoms. The first-order valence-corrected chi connectivity index (χ1v) is 9.97. The second kappa shape index (κ2) is 11.2. The van der Waals surface area contributed by atoms with E-state index in [0.29, 0.717) is 6.07 Å². The van der Waals surface area contributed by atoms with Crippen LogP contribution >= 0.6 is 0 Å². The van der Waals surface area contributed by atoms with Crippen molar-refractivity contribution < 1.29 is 60.8 Å². The molecule has 0 bridgehead atoms. The topological polar surface area (TPSA) is 144 Å². The number of ether oxygens (including phenoxy) is 5. The SMILES string of the molecule is COC(=O)[C@H]1O[C@@H](NC(=O)c2cccc(C(F)(F)F)c2)[C@H](OC(C)=O)[C@@H](OC(C)=O)[C@@H]1OC(C)=O. The van der Waals surface area contributed by atoms with Crippen molar-refractivity contribution in [2.45, 2.75) is 57.6 Å². The Balaban J connectivity index is 2.49. The van der Waals surface area contributed by atoms with E-state index in [1.807, 2.05) is 0 Å². The summed E-state index contributed by atoms with van der Waals surface area (Å²) < 4.78 is 64.6. The predicted molar refractivity (Wildman–Crippen MR) is 106 cm³/mol. The van der Waals surface area contributed by atoms with Crippen molar-refractivity contribution in [3.05, 3.63) is 35.4 Å². The summed E-state index contributed by atoms with van der Waals surface area (Å²) in [5.41, 5.74) is -1.54. The molecule has 0 unspecified atom stereocenters. The summed E-state index contributed by atoms with van der Waals surface area (Å²) >= 11 is 0. The fourth-order valence-electron chi connectivity index (χ4n) is 3.28. The van der Waals surface area contributed by atoms with Crippen LogP contribution in [-0.4, -0.2) is 67.5 Å². The number of carbonyl (C=O) groups is 5. The third-order valence-electron chi connectivity index (χ3n) is 4.60. The number of methoxy groups -OCH3 is 1. The van der Waals surface area contributed by atoms with Crippen LogP contribution in [0.1, 0.15) is 36.7 Å². The summed E-state index contributed by atoms with van der Waals surface area (Å²) in [7, 11) is 0.978. The van der Waals surface area contributed by atoms with Gasteiger partial charge in [0.05, 0.1) is 12.7 Å². The van der Waals surface area contributed by atoms with E-state index in [4.69, 9.17) is 18.9 Å². The lowest BCUT2D eigenvalue weighted by Crippen LogP contribution is -2.67. The lowest BCUT2D eigenvalue weighted by molar-refractivity contribution is -0.251. The van der Waals surface area contributed by atoms with Crippen molar-refractivity contribution in [2.75, 3.05) is 7.11 Å². The van der Waals surface area contributed by atoms with E-state index >= 15 is 0 Å². The molecule has 0 radical (unpaired) electrons. The molecule has 1 aromatic carbocycles. The van der Waals surface area contributed by atoms with Gasteiger partial charge in [0.2, 0.25) is 0 Å². The molecule has 1 fully saturated rings. The number of hydrogen-bond acceptors (Lipinski definition) is 10. The number of amides is 1. The third kappa shape index (κ3) is 7.15. The van der Waals surface area contributed by atoms with Crippen LogP contribution in [0, 0.1) is 0 Å². The molecule has 1 aromatic rings. The third-order valence-corrected chi connectivity index (χ3v) is 4.60. The number of nitrogens with one attached hydrogen (secondary N) is 1. The molecule has 0 saturated carbocycles. The van der Waals surface area contributed by atoms with Crippen LogP contribution < -0.4 is 5.32 Å². The van der Waals surface area contributed by atoms with Gasteiger partial charge in [-0.15, -0.1) is 0 Å². The van der Waals surface area contributed by atoms with Crippen LogP contribution in [-0.2, 0) is 49.0 Å². The highest BCUT2D eigenvalue weighted by Crippen LogP contribution is 2.31. The summed E-state index contributed by atoms with van der Waals surface area (Å²) in [5, 5.41) is 2.21. The maximum absolute atomic E-state index is 13.0. The highest BCUT2D eigenvalue weighted by atomic mass is 19.4. The molecule has 5 atom stereocenters. The van der Waals surface area contributed by atoms with Crippen LogP contribution in [0.4, 0.5) is 13.2 Å². The van der Waals surface area contributed by atoms with Gasteiger partial charge in [-0.1, -0.05) is 6.07 Å². The van der Waals surface area contributed by atoms with E-state index in [2.05, 4.69) is 10.1 Å². The molecule has 1 saturated heterocycles. The summed E-state index contributed by atoms with van der Waals surface area (Å²) in [6.45, 7) is 2.94. The van der Waals surface area contributed by atoms with Gasteiger partial charge >= 0.3 is 30.1 Å². The molecule has 0 aliphatic carbocycles. The van der Waals surface area contributed by atoms with Crippen LogP contribution in [0.3, 0.4) is 0 Å². The summed E-state index contributed by atoms with van der Waals surface area (Å²) in [6.07, 6.45) is -13.2. The highest BCUT2D eigenvalue weighted by Gasteiger charge is 2.55. The first kappa shape index (κ1) is 27.6. The molecule has 1 amide bonds. The van der Waals surface area contributed by atoms with E-state index in [1.54, 1.807) is 0 Å². The molecule has 192 valence electrons. The molecule has 1 aliphatic heterocycles. The van der Waals surface area contributed by atoms with E-state index < -0.39 is 77.7 Å².